The molecule has 1 aliphatic rings. The van der Waals surface area contributed by atoms with Crippen molar-refractivity contribution in [2.24, 2.45) is 5.41 Å². The second-order valence-corrected chi connectivity index (χ2v) is 10.4. The predicted octanol–water partition coefficient (Wildman–Crippen LogP) is 5.16. The molecule has 1 unspecified atom stereocenters. The number of methoxy groups -OCH3 is 1. The molecule has 0 saturated carbocycles. The van der Waals surface area contributed by atoms with Gasteiger partial charge >= 0.3 is 12.0 Å². The Morgan fingerprint density at radius 2 is 1.88 bits per heavy atom. The molecule has 1 aromatic carbocycles. The Labute approximate surface area is 236 Å². The average molecular weight is 570 g/mol. The van der Waals surface area contributed by atoms with E-state index in [1.807, 2.05) is 0 Å². The summed E-state index contributed by atoms with van der Waals surface area (Å²) in [6.45, 7) is 4.99. The van der Waals surface area contributed by atoms with Crippen LogP contribution in [-0.2, 0) is 20.9 Å². The molecule has 0 radical (unpaired) electrons. The smallest absolute Gasteiger partial charge is 0.328 e. The highest BCUT2D eigenvalue weighted by Gasteiger charge is 2.43. The lowest BCUT2D eigenvalue weighted by Crippen LogP contribution is -2.60. The molecule has 4 rings (SSSR count). The van der Waals surface area contributed by atoms with E-state index in [1.54, 1.807) is 57.2 Å². The summed E-state index contributed by atoms with van der Waals surface area (Å²) in [6, 6.07) is 12.4. The van der Waals surface area contributed by atoms with Crippen molar-refractivity contribution < 1.29 is 28.2 Å². The molecule has 1 saturated heterocycles. The number of esters is 1. The van der Waals surface area contributed by atoms with Crippen LogP contribution in [0.1, 0.15) is 31.5 Å². The normalized spacial score (nSPS) is 15.7. The quantitative estimate of drug-likeness (QED) is 0.351. The topological polar surface area (TPSA) is 114 Å². The second kappa shape index (κ2) is 11.9. The summed E-state index contributed by atoms with van der Waals surface area (Å²) in [7, 11) is 1.26. The molecule has 12 heteroatoms. The van der Waals surface area contributed by atoms with E-state index in [1.165, 1.54) is 24.1 Å². The number of carbonyl (C=O) groups is 3. The lowest BCUT2D eigenvalue weighted by atomic mass is 9.92. The highest BCUT2D eigenvalue weighted by atomic mass is 35.5. The molecule has 0 aliphatic carbocycles. The molecule has 40 heavy (non-hydrogen) atoms. The molecular formula is C28H29ClFN5O5. The first-order valence-corrected chi connectivity index (χ1v) is 12.8. The minimum Gasteiger partial charge on any atom is -0.469 e. The standard InChI is InChI=1S/C28H29ClFN5O5/c1-17-21(40-24-12-9-20(30)14-31-24)10-11-22(32-17)33-23-13-25(36)35(16-28(2,3)26(37)39-4)27(38)34(23)15-18-5-7-19(29)8-6-18/h5-12,14,23H,13,15-16H2,1-4H3,(H,32,33). The highest BCUT2D eigenvalue weighted by molar-refractivity contribution is 6.30. The van der Waals surface area contributed by atoms with Gasteiger partial charge in [0.05, 0.1) is 30.8 Å². The molecular weight excluding hydrogens is 541 g/mol. The maximum Gasteiger partial charge on any atom is 0.328 e. The van der Waals surface area contributed by atoms with E-state index in [4.69, 9.17) is 21.1 Å². The Hall–Kier alpha value is -4.25. The van der Waals surface area contributed by atoms with Gasteiger partial charge in [0.15, 0.2) is 5.75 Å². The minimum absolute atomic E-state index is 0.0605. The summed E-state index contributed by atoms with van der Waals surface area (Å²) in [4.78, 5) is 50.1. The van der Waals surface area contributed by atoms with Crippen LogP contribution in [0.2, 0.25) is 5.02 Å². The van der Waals surface area contributed by atoms with Gasteiger partial charge in [0.2, 0.25) is 11.8 Å². The zero-order chi connectivity index (χ0) is 29.0. The molecule has 10 nitrogen and oxygen atoms in total. The number of amides is 3. The van der Waals surface area contributed by atoms with Gasteiger partial charge in [-0.15, -0.1) is 0 Å². The average Bonchev–Trinajstić information content (AvgIpc) is 2.92. The van der Waals surface area contributed by atoms with E-state index >= 15 is 0 Å². The van der Waals surface area contributed by atoms with Crippen molar-refractivity contribution in [2.45, 2.75) is 39.9 Å². The Morgan fingerprint density at radius 3 is 2.50 bits per heavy atom. The van der Waals surface area contributed by atoms with E-state index < -0.39 is 35.3 Å². The van der Waals surface area contributed by atoms with Crippen LogP contribution in [0.15, 0.2) is 54.7 Å². The van der Waals surface area contributed by atoms with Gasteiger partial charge in [0.1, 0.15) is 17.8 Å². The number of anilines is 1. The number of imide groups is 1. The van der Waals surface area contributed by atoms with Crippen LogP contribution in [0.4, 0.5) is 15.0 Å². The fourth-order valence-electron chi connectivity index (χ4n) is 4.21. The number of hydrogen-bond acceptors (Lipinski definition) is 8. The summed E-state index contributed by atoms with van der Waals surface area (Å²) in [6.07, 6.45) is 0.260. The third-order valence-corrected chi connectivity index (χ3v) is 6.60. The fraction of sp³-hybridized carbons (Fsp3) is 0.321. The van der Waals surface area contributed by atoms with Crippen molar-refractivity contribution in [2.75, 3.05) is 19.0 Å². The van der Waals surface area contributed by atoms with Crippen molar-refractivity contribution in [3.63, 3.8) is 0 Å². The number of carbonyl (C=O) groups excluding carboxylic acids is 3. The first-order valence-electron chi connectivity index (χ1n) is 12.4. The highest BCUT2D eigenvalue weighted by Crippen LogP contribution is 2.29. The number of pyridine rings is 2. The number of ether oxygens (including phenoxy) is 2. The Morgan fingerprint density at radius 1 is 1.15 bits per heavy atom. The van der Waals surface area contributed by atoms with E-state index in [0.717, 1.165) is 16.7 Å². The first-order chi connectivity index (χ1) is 19.0. The van der Waals surface area contributed by atoms with Crippen molar-refractivity contribution in [3.8, 4) is 11.6 Å². The number of nitrogens with zero attached hydrogens (tertiary/aromatic N) is 4. The largest absolute Gasteiger partial charge is 0.469 e. The summed E-state index contributed by atoms with van der Waals surface area (Å²) in [5.41, 5.74) is 0.209. The van der Waals surface area contributed by atoms with Crippen LogP contribution < -0.4 is 10.1 Å². The maximum atomic E-state index is 13.7. The van der Waals surface area contributed by atoms with Crippen molar-refractivity contribution >= 4 is 35.3 Å². The summed E-state index contributed by atoms with van der Waals surface area (Å²) < 4.78 is 23.7. The summed E-state index contributed by atoms with van der Waals surface area (Å²) >= 11 is 6.03. The summed E-state index contributed by atoms with van der Waals surface area (Å²) in [5, 5.41) is 3.74. The zero-order valence-corrected chi connectivity index (χ0v) is 23.2. The number of rotatable bonds is 9. The fourth-order valence-corrected chi connectivity index (χ4v) is 4.33. The van der Waals surface area contributed by atoms with Crippen LogP contribution in [-0.4, -0.2) is 57.5 Å². The number of urea groups is 1. The maximum absolute atomic E-state index is 13.7. The van der Waals surface area contributed by atoms with Crippen molar-refractivity contribution in [1.82, 2.24) is 19.8 Å². The SMILES string of the molecule is COC(=O)C(C)(C)CN1C(=O)CC(Nc2ccc(Oc3ccc(F)cn3)c(C)n2)N(Cc2ccc(Cl)cc2)C1=O. The lowest BCUT2D eigenvalue weighted by Gasteiger charge is -2.42. The van der Waals surface area contributed by atoms with Crippen LogP contribution in [0.25, 0.3) is 0 Å². The Balaban J connectivity index is 1.57. The third-order valence-electron chi connectivity index (χ3n) is 6.35. The van der Waals surface area contributed by atoms with Crippen LogP contribution >= 0.6 is 11.6 Å². The van der Waals surface area contributed by atoms with E-state index in [-0.39, 0.29) is 25.4 Å². The van der Waals surface area contributed by atoms with Gasteiger partial charge < -0.3 is 14.8 Å². The van der Waals surface area contributed by atoms with Gasteiger partial charge in [-0.2, -0.15) is 0 Å². The van der Waals surface area contributed by atoms with E-state index in [2.05, 4.69) is 15.3 Å². The van der Waals surface area contributed by atoms with E-state index in [9.17, 15) is 18.8 Å². The molecule has 1 aliphatic heterocycles. The monoisotopic (exact) mass is 569 g/mol. The molecule has 0 spiro atoms. The van der Waals surface area contributed by atoms with Crippen LogP contribution in [0.5, 0.6) is 11.6 Å². The molecule has 1 fully saturated rings. The molecule has 3 amide bonds. The van der Waals surface area contributed by atoms with Crippen LogP contribution in [0.3, 0.4) is 0 Å². The van der Waals surface area contributed by atoms with Gasteiger partial charge in [-0.3, -0.25) is 19.4 Å². The molecule has 210 valence electrons. The number of aromatic nitrogens is 2. The van der Waals surface area contributed by atoms with Gasteiger partial charge in [-0.25, -0.2) is 19.2 Å². The van der Waals surface area contributed by atoms with Crippen LogP contribution in [0, 0.1) is 18.2 Å². The third kappa shape index (κ3) is 6.66. The molecule has 1 atom stereocenters. The van der Waals surface area contributed by atoms with Gasteiger partial charge in [0, 0.05) is 24.2 Å². The number of halogens is 2. The van der Waals surface area contributed by atoms with Crippen molar-refractivity contribution in [1.29, 1.82) is 0 Å². The molecule has 0 bridgehead atoms. The number of aryl methyl sites for hydroxylation is 1. The molecule has 3 heterocycles. The predicted molar refractivity (Wildman–Crippen MR) is 145 cm³/mol. The second-order valence-electron chi connectivity index (χ2n) is 9.95. The van der Waals surface area contributed by atoms with Crippen molar-refractivity contribution in [3.05, 3.63) is 76.8 Å². The number of hydrogen-bond donors (Lipinski definition) is 1. The Kier molecular flexibility index (Phi) is 8.53. The van der Waals surface area contributed by atoms with Gasteiger partial charge in [0.25, 0.3) is 0 Å². The molecule has 2 aromatic heterocycles. The minimum atomic E-state index is -1.10. The zero-order valence-electron chi connectivity index (χ0n) is 22.5. The number of nitrogens with one attached hydrogen (secondary N) is 1. The van der Waals surface area contributed by atoms with Gasteiger partial charge in [-0.05, 0) is 56.7 Å². The number of benzene rings is 1. The van der Waals surface area contributed by atoms with E-state index in [0.29, 0.717) is 22.3 Å². The lowest BCUT2D eigenvalue weighted by molar-refractivity contribution is -0.152. The Bertz CT molecular complexity index is 1400. The van der Waals surface area contributed by atoms with Gasteiger partial charge in [-0.1, -0.05) is 23.7 Å². The summed E-state index contributed by atoms with van der Waals surface area (Å²) in [5.74, 6) is -0.420. The molecule has 1 N–H and O–H groups in total. The molecule has 3 aromatic rings. The first kappa shape index (κ1) is 28.8.